The monoisotopic (exact) mass is 196 g/mol. The van der Waals surface area contributed by atoms with Crippen LogP contribution in [0.1, 0.15) is 24.9 Å². The van der Waals surface area contributed by atoms with Crippen LogP contribution in [0.15, 0.2) is 12.1 Å². The zero-order valence-electron chi connectivity index (χ0n) is 8.45. The van der Waals surface area contributed by atoms with Crippen molar-refractivity contribution in [2.45, 2.75) is 19.4 Å². The SMILES string of the molecule is CCC(N)c1cc(N)cc(OC)c1O. The molecule has 0 saturated carbocycles. The van der Waals surface area contributed by atoms with Crippen molar-refractivity contribution >= 4 is 5.69 Å². The summed E-state index contributed by atoms with van der Waals surface area (Å²) in [6.07, 6.45) is 0.736. The second kappa shape index (κ2) is 4.19. The number of phenols is 1. The molecule has 1 unspecified atom stereocenters. The Morgan fingerprint density at radius 3 is 2.64 bits per heavy atom. The number of methoxy groups -OCH3 is 1. The van der Waals surface area contributed by atoms with Gasteiger partial charge in [-0.05, 0) is 12.5 Å². The molecule has 0 aliphatic heterocycles. The maximum Gasteiger partial charge on any atom is 0.162 e. The normalized spacial score (nSPS) is 12.5. The molecule has 14 heavy (non-hydrogen) atoms. The van der Waals surface area contributed by atoms with Gasteiger partial charge in [-0.2, -0.15) is 0 Å². The van der Waals surface area contributed by atoms with E-state index in [1.807, 2.05) is 6.92 Å². The number of hydrogen-bond acceptors (Lipinski definition) is 4. The van der Waals surface area contributed by atoms with E-state index in [0.717, 1.165) is 6.42 Å². The number of anilines is 1. The van der Waals surface area contributed by atoms with Gasteiger partial charge >= 0.3 is 0 Å². The van der Waals surface area contributed by atoms with Gasteiger partial charge in [-0.3, -0.25) is 0 Å². The molecule has 0 aromatic heterocycles. The van der Waals surface area contributed by atoms with E-state index in [-0.39, 0.29) is 11.8 Å². The lowest BCUT2D eigenvalue weighted by molar-refractivity contribution is 0.368. The van der Waals surface area contributed by atoms with Gasteiger partial charge in [0.25, 0.3) is 0 Å². The van der Waals surface area contributed by atoms with E-state index >= 15 is 0 Å². The summed E-state index contributed by atoms with van der Waals surface area (Å²) in [5.74, 6) is 0.444. The van der Waals surface area contributed by atoms with Crippen LogP contribution in [0, 0.1) is 0 Å². The Hall–Kier alpha value is -1.42. The first kappa shape index (κ1) is 10.7. The van der Waals surface area contributed by atoms with Crippen LogP contribution in [0.25, 0.3) is 0 Å². The molecule has 0 bridgehead atoms. The van der Waals surface area contributed by atoms with Crippen LogP contribution in [-0.4, -0.2) is 12.2 Å². The van der Waals surface area contributed by atoms with Crippen molar-refractivity contribution in [3.8, 4) is 11.5 Å². The van der Waals surface area contributed by atoms with Gasteiger partial charge in [0.2, 0.25) is 0 Å². The zero-order chi connectivity index (χ0) is 10.7. The largest absolute Gasteiger partial charge is 0.504 e. The molecule has 1 atom stereocenters. The number of benzene rings is 1. The molecule has 0 fully saturated rings. The molecule has 0 aliphatic rings. The predicted octanol–water partition coefficient (Wildman–Crippen LogP) is 1.39. The number of hydrogen-bond donors (Lipinski definition) is 3. The Bertz CT molecular complexity index is 326. The van der Waals surface area contributed by atoms with Gasteiger partial charge in [0.05, 0.1) is 7.11 Å². The topological polar surface area (TPSA) is 81.5 Å². The van der Waals surface area contributed by atoms with E-state index in [2.05, 4.69) is 0 Å². The van der Waals surface area contributed by atoms with E-state index in [1.54, 1.807) is 12.1 Å². The van der Waals surface area contributed by atoms with E-state index in [0.29, 0.717) is 17.0 Å². The minimum atomic E-state index is -0.215. The van der Waals surface area contributed by atoms with E-state index in [9.17, 15) is 5.11 Å². The van der Waals surface area contributed by atoms with Gasteiger partial charge in [0, 0.05) is 23.4 Å². The van der Waals surface area contributed by atoms with Crippen molar-refractivity contribution in [2.24, 2.45) is 5.73 Å². The third kappa shape index (κ3) is 1.90. The molecule has 1 aromatic rings. The number of phenolic OH excluding ortho intramolecular Hbond substituents is 1. The highest BCUT2D eigenvalue weighted by Crippen LogP contribution is 2.36. The maximum absolute atomic E-state index is 9.75. The number of nitrogens with two attached hydrogens (primary N) is 2. The predicted molar refractivity (Wildman–Crippen MR) is 56.3 cm³/mol. The number of rotatable bonds is 3. The molecular formula is C10H16N2O2. The van der Waals surface area contributed by atoms with Crippen molar-refractivity contribution < 1.29 is 9.84 Å². The maximum atomic E-state index is 9.75. The zero-order valence-corrected chi connectivity index (χ0v) is 8.45. The molecular weight excluding hydrogens is 180 g/mol. The van der Waals surface area contributed by atoms with Crippen LogP contribution in [-0.2, 0) is 0 Å². The van der Waals surface area contributed by atoms with Crippen LogP contribution in [0.2, 0.25) is 0 Å². The summed E-state index contributed by atoms with van der Waals surface area (Å²) in [7, 11) is 1.48. The summed E-state index contributed by atoms with van der Waals surface area (Å²) in [5.41, 5.74) is 12.6. The molecule has 0 aliphatic carbocycles. The molecule has 1 aromatic carbocycles. The molecule has 0 heterocycles. The smallest absolute Gasteiger partial charge is 0.162 e. The van der Waals surface area contributed by atoms with Crippen LogP contribution in [0.4, 0.5) is 5.69 Å². The summed E-state index contributed by atoms with van der Waals surface area (Å²) in [5, 5.41) is 9.75. The average molecular weight is 196 g/mol. The van der Waals surface area contributed by atoms with Gasteiger partial charge in [0.15, 0.2) is 11.5 Å². The quantitative estimate of drug-likeness (QED) is 0.504. The van der Waals surface area contributed by atoms with E-state index in [4.69, 9.17) is 16.2 Å². The van der Waals surface area contributed by atoms with Gasteiger partial charge in [0.1, 0.15) is 0 Å². The lowest BCUT2D eigenvalue weighted by Crippen LogP contribution is -2.09. The molecule has 0 saturated heterocycles. The second-order valence-electron chi connectivity index (χ2n) is 3.18. The second-order valence-corrected chi connectivity index (χ2v) is 3.18. The van der Waals surface area contributed by atoms with Crippen molar-refractivity contribution in [1.29, 1.82) is 0 Å². The third-order valence-electron chi connectivity index (χ3n) is 2.19. The van der Waals surface area contributed by atoms with Gasteiger partial charge in [-0.1, -0.05) is 6.92 Å². The Morgan fingerprint density at radius 2 is 2.14 bits per heavy atom. The molecule has 1 rings (SSSR count). The summed E-state index contributed by atoms with van der Waals surface area (Å²) in [6.45, 7) is 1.94. The highest BCUT2D eigenvalue weighted by molar-refractivity contribution is 5.57. The first-order valence-electron chi connectivity index (χ1n) is 4.52. The van der Waals surface area contributed by atoms with Gasteiger partial charge in [-0.15, -0.1) is 0 Å². The van der Waals surface area contributed by atoms with Gasteiger partial charge in [-0.25, -0.2) is 0 Å². The highest BCUT2D eigenvalue weighted by Gasteiger charge is 2.14. The fraction of sp³-hybridized carbons (Fsp3) is 0.400. The third-order valence-corrected chi connectivity index (χ3v) is 2.19. The molecule has 78 valence electrons. The molecule has 0 amide bonds. The fourth-order valence-corrected chi connectivity index (χ4v) is 1.31. The standard InChI is InChI=1S/C10H16N2O2/c1-3-8(12)7-4-6(11)5-9(14-2)10(7)13/h4-5,8,13H,3,11-12H2,1-2H3. The number of nitrogen functional groups attached to an aromatic ring is 1. The Labute approximate surface area is 83.5 Å². The van der Waals surface area contributed by atoms with E-state index < -0.39 is 0 Å². The first-order valence-corrected chi connectivity index (χ1v) is 4.52. The van der Waals surface area contributed by atoms with Crippen LogP contribution >= 0.6 is 0 Å². The number of aromatic hydroxyl groups is 1. The van der Waals surface area contributed by atoms with Crippen LogP contribution < -0.4 is 16.2 Å². The van der Waals surface area contributed by atoms with Crippen LogP contribution in [0.3, 0.4) is 0 Å². The summed E-state index contributed by atoms with van der Waals surface area (Å²) >= 11 is 0. The van der Waals surface area contributed by atoms with Crippen molar-refractivity contribution in [3.05, 3.63) is 17.7 Å². The lowest BCUT2D eigenvalue weighted by atomic mass is 10.0. The Balaban J connectivity index is 3.21. The number of ether oxygens (including phenoxy) is 1. The minimum Gasteiger partial charge on any atom is -0.504 e. The Kier molecular flexibility index (Phi) is 3.19. The Morgan fingerprint density at radius 1 is 1.50 bits per heavy atom. The average Bonchev–Trinajstić information content (AvgIpc) is 2.19. The molecule has 5 N–H and O–H groups in total. The van der Waals surface area contributed by atoms with Crippen molar-refractivity contribution in [1.82, 2.24) is 0 Å². The first-order chi connectivity index (χ1) is 6.60. The molecule has 4 heteroatoms. The lowest BCUT2D eigenvalue weighted by Gasteiger charge is -2.14. The molecule has 0 spiro atoms. The van der Waals surface area contributed by atoms with Crippen molar-refractivity contribution in [2.75, 3.05) is 12.8 Å². The summed E-state index contributed by atoms with van der Waals surface area (Å²) in [6, 6.07) is 3.03. The summed E-state index contributed by atoms with van der Waals surface area (Å²) in [4.78, 5) is 0. The minimum absolute atomic E-state index is 0.0797. The molecule has 0 radical (unpaired) electrons. The van der Waals surface area contributed by atoms with Crippen molar-refractivity contribution in [3.63, 3.8) is 0 Å². The summed E-state index contributed by atoms with van der Waals surface area (Å²) < 4.78 is 4.98. The fourth-order valence-electron chi connectivity index (χ4n) is 1.31. The highest BCUT2D eigenvalue weighted by atomic mass is 16.5. The van der Waals surface area contributed by atoms with E-state index in [1.165, 1.54) is 7.11 Å². The molecule has 4 nitrogen and oxygen atoms in total. The van der Waals surface area contributed by atoms with Crippen LogP contribution in [0.5, 0.6) is 11.5 Å². The van der Waals surface area contributed by atoms with Gasteiger partial charge < -0.3 is 21.3 Å².